The maximum absolute atomic E-state index is 14.6. The van der Waals surface area contributed by atoms with Crippen molar-refractivity contribution in [1.29, 1.82) is 0 Å². The summed E-state index contributed by atoms with van der Waals surface area (Å²) in [7, 11) is 4.07. The molecule has 0 bridgehead atoms. The van der Waals surface area contributed by atoms with Gasteiger partial charge in [0.25, 0.3) is 0 Å². The molecule has 6 rings (SSSR count). The van der Waals surface area contributed by atoms with Crippen molar-refractivity contribution in [3.05, 3.63) is 72.6 Å². The van der Waals surface area contributed by atoms with Crippen LogP contribution >= 0.6 is 0 Å². The molecule has 9 nitrogen and oxygen atoms in total. The van der Waals surface area contributed by atoms with Gasteiger partial charge in [0.1, 0.15) is 11.5 Å². The highest BCUT2D eigenvalue weighted by Crippen LogP contribution is 2.32. The molecule has 0 fully saturated rings. The summed E-state index contributed by atoms with van der Waals surface area (Å²) in [6, 6.07) is 10.8. The molecular weight excluding hydrogens is 481 g/mol. The van der Waals surface area contributed by atoms with E-state index in [1.54, 1.807) is 36.9 Å². The highest BCUT2D eigenvalue weighted by Gasteiger charge is 2.17. The van der Waals surface area contributed by atoms with Gasteiger partial charge in [0, 0.05) is 35.1 Å². The first-order valence-electron chi connectivity index (χ1n) is 12.3. The van der Waals surface area contributed by atoms with Crippen LogP contribution in [0.5, 0.6) is 0 Å². The number of aromatic nitrogens is 7. The molecule has 1 aromatic carbocycles. The molecule has 6 aromatic rings. The normalized spacial score (nSPS) is 11.7. The molecule has 10 heteroatoms. The van der Waals surface area contributed by atoms with Gasteiger partial charge in [-0.15, -0.1) is 0 Å². The van der Waals surface area contributed by atoms with Gasteiger partial charge in [-0.25, -0.2) is 14.4 Å². The van der Waals surface area contributed by atoms with E-state index in [2.05, 4.69) is 35.0 Å². The van der Waals surface area contributed by atoms with E-state index in [1.807, 2.05) is 38.4 Å². The summed E-state index contributed by atoms with van der Waals surface area (Å²) in [4.78, 5) is 23.4. The van der Waals surface area contributed by atoms with Crippen LogP contribution in [0.15, 0.2) is 61.2 Å². The quantitative estimate of drug-likeness (QED) is 0.282. The molecule has 0 radical (unpaired) electrons. The molecule has 5 aromatic heterocycles. The van der Waals surface area contributed by atoms with E-state index in [9.17, 15) is 4.39 Å². The number of imidazole rings is 1. The molecule has 0 aliphatic rings. The summed E-state index contributed by atoms with van der Waals surface area (Å²) in [6.07, 6.45) is 8.47. The third-order valence-corrected chi connectivity index (χ3v) is 6.46. The topological polar surface area (TPSA) is 125 Å². The van der Waals surface area contributed by atoms with E-state index in [4.69, 9.17) is 10.7 Å². The zero-order valence-corrected chi connectivity index (χ0v) is 21.0. The first-order chi connectivity index (χ1) is 18.4. The number of fused-ring (bicyclic) bond motifs is 2. The van der Waals surface area contributed by atoms with Crippen LogP contribution in [0.3, 0.4) is 0 Å². The van der Waals surface area contributed by atoms with Crippen molar-refractivity contribution in [2.24, 2.45) is 0 Å². The van der Waals surface area contributed by atoms with Crippen molar-refractivity contribution in [1.82, 2.24) is 40.0 Å². The number of halogens is 1. The van der Waals surface area contributed by atoms with Crippen molar-refractivity contribution >= 4 is 27.8 Å². The number of pyridine rings is 3. The fourth-order valence-corrected chi connectivity index (χ4v) is 4.67. The molecule has 0 atom stereocenters. The molecule has 0 saturated carbocycles. The smallest absolute Gasteiger partial charge is 0.178 e. The Morgan fingerprint density at radius 3 is 2.74 bits per heavy atom. The molecule has 0 saturated heterocycles. The van der Waals surface area contributed by atoms with E-state index in [1.165, 1.54) is 0 Å². The van der Waals surface area contributed by atoms with Crippen molar-refractivity contribution in [2.75, 3.05) is 26.4 Å². The van der Waals surface area contributed by atoms with Gasteiger partial charge in [-0.1, -0.05) is 6.07 Å². The van der Waals surface area contributed by atoms with E-state index < -0.39 is 0 Å². The third-order valence-electron chi connectivity index (χ3n) is 6.46. The van der Waals surface area contributed by atoms with E-state index in [0.717, 1.165) is 63.8 Å². The lowest BCUT2D eigenvalue weighted by atomic mass is 10.0. The average molecular weight is 508 g/mol. The highest BCUT2D eigenvalue weighted by molar-refractivity contribution is 5.96. The van der Waals surface area contributed by atoms with Gasteiger partial charge in [-0.05, 0) is 74.9 Å². The molecule has 38 heavy (non-hydrogen) atoms. The molecule has 0 amide bonds. The minimum Gasteiger partial charge on any atom is -0.397 e. The number of rotatable bonds is 7. The van der Waals surface area contributed by atoms with Crippen LogP contribution in [0.25, 0.3) is 56.0 Å². The second kappa shape index (κ2) is 9.64. The molecule has 0 unspecified atom stereocenters. The monoisotopic (exact) mass is 507 g/mol. The summed E-state index contributed by atoms with van der Waals surface area (Å²) >= 11 is 0. The molecule has 5 heterocycles. The second-order valence-electron chi connectivity index (χ2n) is 9.59. The number of nitrogens with one attached hydrogen (secondary N) is 2. The Balaban J connectivity index is 1.40. The number of nitrogen functional groups attached to an aromatic ring is 1. The van der Waals surface area contributed by atoms with Crippen molar-refractivity contribution < 1.29 is 4.39 Å². The molecule has 0 aliphatic heterocycles. The molecule has 190 valence electrons. The second-order valence-corrected chi connectivity index (χ2v) is 9.59. The number of anilines is 1. The van der Waals surface area contributed by atoms with Crippen LogP contribution in [-0.2, 0) is 6.42 Å². The number of aryl methyl sites for hydroxylation is 1. The van der Waals surface area contributed by atoms with Gasteiger partial charge in [0.2, 0.25) is 0 Å². The number of aromatic amines is 2. The largest absolute Gasteiger partial charge is 0.397 e. The number of H-pyrrole nitrogens is 2. The van der Waals surface area contributed by atoms with Crippen molar-refractivity contribution in [2.45, 2.75) is 12.8 Å². The lowest BCUT2D eigenvalue weighted by Crippen LogP contribution is -2.13. The minimum atomic E-state index is -0.263. The van der Waals surface area contributed by atoms with Gasteiger partial charge in [0.05, 0.1) is 28.6 Å². The Morgan fingerprint density at radius 2 is 1.89 bits per heavy atom. The molecule has 4 N–H and O–H groups in total. The maximum Gasteiger partial charge on any atom is 0.178 e. The zero-order valence-electron chi connectivity index (χ0n) is 21.0. The Labute approximate surface area is 218 Å². The Kier molecular flexibility index (Phi) is 6.01. The summed E-state index contributed by atoms with van der Waals surface area (Å²) in [5.41, 5.74) is 13.2. The number of benzene rings is 1. The molecule has 0 aliphatic carbocycles. The first kappa shape index (κ1) is 23.7. The minimum absolute atomic E-state index is 0.263. The lowest BCUT2D eigenvalue weighted by molar-refractivity contribution is 0.400. The fraction of sp³-hybridized carbons (Fsp3) is 0.179. The average Bonchev–Trinajstić information content (AvgIpc) is 3.51. The van der Waals surface area contributed by atoms with E-state index in [0.29, 0.717) is 22.9 Å². The van der Waals surface area contributed by atoms with Crippen molar-refractivity contribution in [3.8, 4) is 33.9 Å². The van der Waals surface area contributed by atoms with E-state index >= 15 is 0 Å². The maximum atomic E-state index is 14.6. The first-order valence-corrected chi connectivity index (χ1v) is 12.3. The van der Waals surface area contributed by atoms with Gasteiger partial charge < -0.3 is 15.6 Å². The predicted octanol–water partition coefficient (Wildman–Crippen LogP) is 4.84. The van der Waals surface area contributed by atoms with Gasteiger partial charge in [0.15, 0.2) is 11.5 Å². The van der Waals surface area contributed by atoms with Crippen LogP contribution in [0.2, 0.25) is 0 Å². The summed E-state index contributed by atoms with van der Waals surface area (Å²) in [5, 5.41) is 8.36. The predicted molar refractivity (Wildman–Crippen MR) is 147 cm³/mol. The van der Waals surface area contributed by atoms with Crippen LogP contribution in [0.4, 0.5) is 10.1 Å². The summed E-state index contributed by atoms with van der Waals surface area (Å²) < 4.78 is 14.6. The third kappa shape index (κ3) is 4.57. The van der Waals surface area contributed by atoms with Crippen LogP contribution < -0.4 is 5.73 Å². The standard InChI is InChI=1S/C28H26FN9/c1-38(2)7-3-4-16-8-17(10-19(29)9-16)21-5-6-32-27-25(21)34-28(35-27)26-22-12-23(33-15-24(22)36-37-26)18-11-20(30)14-31-13-18/h5-6,8-15H,3-4,7,30H2,1-2H3,(H,36,37)(H,32,34,35). The zero-order chi connectivity index (χ0) is 26.2. The number of nitrogens with two attached hydrogens (primary N) is 1. The van der Waals surface area contributed by atoms with Crippen LogP contribution in [-0.4, -0.2) is 60.7 Å². The fourth-order valence-electron chi connectivity index (χ4n) is 4.67. The van der Waals surface area contributed by atoms with Gasteiger partial charge in [-0.2, -0.15) is 5.10 Å². The van der Waals surface area contributed by atoms with E-state index in [-0.39, 0.29) is 5.82 Å². The highest BCUT2D eigenvalue weighted by atomic mass is 19.1. The van der Waals surface area contributed by atoms with Crippen LogP contribution in [0.1, 0.15) is 12.0 Å². The SMILES string of the molecule is CN(C)CCCc1cc(F)cc(-c2ccnc3nc(-c4n[nH]c5cnc(-c6cncc(N)c6)cc45)[nH]c23)c1. The molecule has 0 spiro atoms. The Hall–Kier alpha value is -4.70. The number of nitrogens with zero attached hydrogens (tertiary/aromatic N) is 6. The van der Waals surface area contributed by atoms with Gasteiger partial charge in [-0.3, -0.25) is 15.1 Å². The number of hydrogen-bond acceptors (Lipinski definition) is 7. The summed E-state index contributed by atoms with van der Waals surface area (Å²) in [5.74, 6) is 0.290. The summed E-state index contributed by atoms with van der Waals surface area (Å²) in [6.45, 7) is 0.943. The molecular formula is C28H26FN9. The van der Waals surface area contributed by atoms with Gasteiger partial charge >= 0.3 is 0 Å². The lowest BCUT2D eigenvalue weighted by Gasteiger charge is -2.10. The van der Waals surface area contributed by atoms with Crippen LogP contribution in [0, 0.1) is 5.82 Å². The number of hydrogen-bond donors (Lipinski definition) is 3. The van der Waals surface area contributed by atoms with Crippen molar-refractivity contribution in [3.63, 3.8) is 0 Å². The Morgan fingerprint density at radius 1 is 1.00 bits per heavy atom. The Bertz CT molecular complexity index is 1770.